The van der Waals surface area contributed by atoms with Crippen molar-refractivity contribution in [1.82, 2.24) is 5.32 Å². The second-order valence-electron chi connectivity index (χ2n) is 9.39. The highest BCUT2D eigenvalue weighted by molar-refractivity contribution is 6.01. The normalized spacial score (nSPS) is 32.3. The summed E-state index contributed by atoms with van der Waals surface area (Å²) in [7, 11) is 0. The van der Waals surface area contributed by atoms with Crippen molar-refractivity contribution in [2.75, 3.05) is 0 Å². The Bertz CT molecular complexity index is 805. The van der Waals surface area contributed by atoms with Crippen LogP contribution < -0.4 is 5.32 Å². The monoisotopic (exact) mass is 359 g/mol. The molecule has 0 radical (unpaired) electrons. The number of benzene rings is 2. The molecule has 4 aliphatic rings. The van der Waals surface area contributed by atoms with E-state index >= 15 is 0 Å². The molecular formula is C25H29NO. The van der Waals surface area contributed by atoms with E-state index in [1.165, 1.54) is 38.5 Å². The fourth-order valence-corrected chi connectivity index (χ4v) is 6.69. The minimum Gasteiger partial charge on any atom is -0.349 e. The topological polar surface area (TPSA) is 29.1 Å². The maximum absolute atomic E-state index is 13.2. The number of amides is 1. The summed E-state index contributed by atoms with van der Waals surface area (Å²) in [6.45, 7) is 2.26. The van der Waals surface area contributed by atoms with Crippen LogP contribution in [0.15, 0.2) is 54.6 Å². The molecule has 2 aromatic rings. The molecule has 2 nitrogen and oxygen atoms in total. The van der Waals surface area contributed by atoms with Gasteiger partial charge in [-0.15, -0.1) is 0 Å². The molecule has 1 atom stereocenters. The van der Waals surface area contributed by atoms with Gasteiger partial charge in [-0.2, -0.15) is 0 Å². The highest BCUT2D eigenvalue weighted by atomic mass is 16.1. The quantitative estimate of drug-likeness (QED) is 0.746. The molecule has 0 heterocycles. The lowest BCUT2D eigenvalue weighted by atomic mass is 9.48. The zero-order chi connectivity index (χ0) is 18.4. The van der Waals surface area contributed by atoms with E-state index in [-0.39, 0.29) is 11.9 Å². The molecule has 2 heteroatoms. The van der Waals surface area contributed by atoms with Crippen molar-refractivity contribution in [3.63, 3.8) is 0 Å². The van der Waals surface area contributed by atoms with E-state index in [4.69, 9.17) is 0 Å². The van der Waals surface area contributed by atoms with E-state index in [1.807, 2.05) is 36.4 Å². The van der Waals surface area contributed by atoms with Crippen LogP contribution in [0.4, 0.5) is 0 Å². The van der Waals surface area contributed by atoms with Gasteiger partial charge in [-0.05, 0) is 85.8 Å². The van der Waals surface area contributed by atoms with Gasteiger partial charge in [-0.1, -0.05) is 48.5 Å². The molecule has 4 aliphatic carbocycles. The van der Waals surface area contributed by atoms with Crippen molar-refractivity contribution in [2.24, 2.45) is 23.2 Å². The average molecular weight is 360 g/mol. The largest absolute Gasteiger partial charge is 0.349 e. The third kappa shape index (κ3) is 2.99. The van der Waals surface area contributed by atoms with Crippen LogP contribution >= 0.6 is 0 Å². The Morgan fingerprint density at radius 1 is 0.889 bits per heavy atom. The summed E-state index contributed by atoms with van der Waals surface area (Å²) in [6.07, 6.45) is 8.28. The molecule has 4 saturated carbocycles. The average Bonchev–Trinajstić information content (AvgIpc) is 2.67. The second kappa shape index (κ2) is 6.51. The van der Waals surface area contributed by atoms with Gasteiger partial charge in [0.2, 0.25) is 0 Å². The molecule has 0 aliphatic heterocycles. The number of hydrogen-bond donors (Lipinski definition) is 1. The lowest BCUT2D eigenvalue weighted by molar-refractivity contribution is -0.0687. The van der Waals surface area contributed by atoms with Gasteiger partial charge in [-0.25, -0.2) is 0 Å². The van der Waals surface area contributed by atoms with E-state index < -0.39 is 0 Å². The van der Waals surface area contributed by atoms with Gasteiger partial charge >= 0.3 is 0 Å². The summed E-state index contributed by atoms with van der Waals surface area (Å²) in [6, 6.07) is 18.5. The van der Waals surface area contributed by atoms with E-state index in [0.717, 1.165) is 34.4 Å². The number of carbonyl (C=O) groups is 1. The Morgan fingerprint density at radius 3 is 2.07 bits per heavy atom. The van der Waals surface area contributed by atoms with Crippen LogP contribution in [-0.2, 0) is 0 Å². The van der Waals surface area contributed by atoms with Gasteiger partial charge in [0.25, 0.3) is 5.91 Å². The van der Waals surface area contributed by atoms with Crippen LogP contribution in [0.3, 0.4) is 0 Å². The number of rotatable bonds is 4. The molecule has 140 valence electrons. The first-order valence-electron chi connectivity index (χ1n) is 10.6. The first-order valence-corrected chi connectivity index (χ1v) is 10.6. The van der Waals surface area contributed by atoms with Crippen LogP contribution in [0.2, 0.25) is 0 Å². The molecule has 0 unspecified atom stereocenters. The zero-order valence-electron chi connectivity index (χ0n) is 16.2. The fourth-order valence-electron chi connectivity index (χ4n) is 6.69. The number of nitrogens with one attached hydrogen (secondary N) is 1. The van der Waals surface area contributed by atoms with Crippen molar-refractivity contribution < 1.29 is 4.79 Å². The third-order valence-electron chi connectivity index (χ3n) is 7.61. The molecule has 1 N–H and O–H groups in total. The molecule has 0 aromatic heterocycles. The zero-order valence-corrected chi connectivity index (χ0v) is 16.2. The molecule has 27 heavy (non-hydrogen) atoms. The number of carbonyl (C=O) groups excluding carboxylic acids is 1. The summed E-state index contributed by atoms with van der Waals surface area (Å²) in [4.78, 5) is 13.2. The van der Waals surface area contributed by atoms with Crippen molar-refractivity contribution in [3.05, 3.63) is 60.2 Å². The minimum atomic E-state index is 0.0812. The van der Waals surface area contributed by atoms with Crippen molar-refractivity contribution >= 4 is 5.91 Å². The summed E-state index contributed by atoms with van der Waals surface area (Å²) < 4.78 is 0. The van der Waals surface area contributed by atoms with E-state index in [0.29, 0.717) is 5.41 Å². The van der Waals surface area contributed by atoms with Crippen molar-refractivity contribution in [2.45, 2.75) is 51.5 Å². The third-order valence-corrected chi connectivity index (χ3v) is 7.61. The predicted molar refractivity (Wildman–Crippen MR) is 109 cm³/mol. The van der Waals surface area contributed by atoms with Gasteiger partial charge in [-0.3, -0.25) is 4.79 Å². The van der Waals surface area contributed by atoms with Crippen molar-refractivity contribution in [3.8, 4) is 11.1 Å². The fraction of sp³-hybridized carbons (Fsp3) is 0.480. The van der Waals surface area contributed by atoms with E-state index in [1.54, 1.807) is 0 Å². The highest BCUT2D eigenvalue weighted by Crippen LogP contribution is 2.61. The smallest absolute Gasteiger partial charge is 0.252 e. The van der Waals surface area contributed by atoms with Gasteiger partial charge in [0.15, 0.2) is 0 Å². The second-order valence-corrected chi connectivity index (χ2v) is 9.39. The molecule has 1 amide bonds. The Labute approximate surface area is 162 Å². The molecule has 2 aromatic carbocycles. The van der Waals surface area contributed by atoms with Gasteiger partial charge in [0.05, 0.1) is 0 Å². The van der Waals surface area contributed by atoms with E-state index in [2.05, 4.69) is 30.4 Å². The maximum atomic E-state index is 13.2. The molecule has 6 rings (SSSR count). The van der Waals surface area contributed by atoms with Crippen molar-refractivity contribution in [1.29, 1.82) is 0 Å². The molecule has 0 spiro atoms. The highest BCUT2D eigenvalue weighted by Gasteiger charge is 2.53. The predicted octanol–water partition coefficient (Wildman–Crippen LogP) is 5.69. The number of hydrogen-bond acceptors (Lipinski definition) is 1. The molecule has 4 bridgehead atoms. The summed E-state index contributed by atoms with van der Waals surface area (Å²) in [5.41, 5.74) is 3.26. The van der Waals surface area contributed by atoms with E-state index in [9.17, 15) is 4.79 Å². The molecule has 0 saturated heterocycles. The SMILES string of the molecule is C[C@@H](NC(=O)c1ccccc1-c1ccccc1)C12CC3CC(CC(C3)C1)C2. The summed E-state index contributed by atoms with van der Waals surface area (Å²) in [5, 5.41) is 3.42. The van der Waals surface area contributed by atoms with Gasteiger partial charge < -0.3 is 5.32 Å². The van der Waals surface area contributed by atoms with Gasteiger partial charge in [0, 0.05) is 11.6 Å². The Hall–Kier alpha value is -2.09. The van der Waals surface area contributed by atoms with Crippen LogP contribution in [0, 0.1) is 23.2 Å². The van der Waals surface area contributed by atoms with Crippen LogP contribution in [0.25, 0.3) is 11.1 Å². The molecular weight excluding hydrogens is 330 g/mol. The Morgan fingerprint density at radius 2 is 1.44 bits per heavy atom. The van der Waals surface area contributed by atoms with Crippen LogP contribution in [0.1, 0.15) is 55.8 Å². The molecule has 4 fully saturated rings. The first-order chi connectivity index (χ1) is 13.1. The summed E-state index contributed by atoms with van der Waals surface area (Å²) >= 11 is 0. The first kappa shape index (κ1) is 17.0. The Kier molecular flexibility index (Phi) is 4.11. The minimum absolute atomic E-state index is 0.0812. The summed E-state index contributed by atoms with van der Waals surface area (Å²) in [5.74, 6) is 2.81. The Balaban J connectivity index is 1.39. The lowest BCUT2D eigenvalue weighted by Crippen LogP contribution is -2.55. The standard InChI is InChI=1S/C25H29NO/c1-17(25-14-18-11-19(15-25)13-20(12-18)16-25)26-24(27)23-10-6-5-9-22(23)21-7-3-2-4-8-21/h2-10,17-20H,11-16H2,1H3,(H,26,27)/t17-,18?,19?,20?,25?/m1/s1. The van der Waals surface area contributed by atoms with Gasteiger partial charge in [0.1, 0.15) is 0 Å². The lowest BCUT2D eigenvalue weighted by Gasteiger charge is -2.59. The maximum Gasteiger partial charge on any atom is 0.252 e. The van der Waals surface area contributed by atoms with Crippen LogP contribution in [-0.4, -0.2) is 11.9 Å². The van der Waals surface area contributed by atoms with Crippen LogP contribution in [0.5, 0.6) is 0 Å².